The van der Waals surface area contributed by atoms with Crippen LogP contribution >= 0.6 is 0 Å². The minimum atomic E-state index is -0.256. The highest BCUT2D eigenvalue weighted by atomic mass is 16.5. The number of phenols is 1. The number of esters is 1. The van der Waals surface area contributed by atoms with Crippen LogP contribution in [0.25, 0.3) is 21.8 Å². The van der Waals surface area contributed by atoms with E-state index in [1.54, 1.807) is 18.2 Å². The van der Waals surface area contributed by atoms with E-state index in [0.29, 0.717) is 25.6 Å². The van der Waals surface area contributed by atoms with Crippen molar-refractivity contribution in [3.05, 3.63) is 66.7 Å². The first-order valence-corrected chi connectivity index (χ1v) is 10.9. The Hall–Kier alpha value is -3.67. The molecule has 0 atom stereocenters. The third kappa shape index (κ3) is 4.97. The van der Waals surface area contributed by atoms with Gasteiger partial charge in [0.1, 0.15) is 23.8 Å². The first kappa shape index (κ1) is 21.6. The molecule has 0 aliphatic carbocycles. The monoisotopic (exact) mass is 433 g/mol. The van der Waals surface area contributed by atoms with Crippen molar-refractivity contribution in [1.82, 2.24) is 4.57 Å². The lowest BCUT2D eigenvalue weighted by Gasteiger charge is -2.10. The maximum absolute atomic E-state index is 12.2. The topological polar surface area (TPSA) is 69.9 Å². The third-order valence-corrected chi connectivity index (χ3v) is 5.23. The predicted octanol–water partition coefficient (Wildman–Crippen LogP) is 5.30. The van der Waals surface area contributed by atoms with Crippen molar-refractivity contribution in [2.24, 2.45) is 0 Å². The number of phenolic OH excluding ortho intramolecular Hbond substituents is 1. The first-order chi connectivity index (χ1) is 15.7. The largest absolute Gasteiger partial charge is 0.508 e. The second-order valence-corrected chi connectivity index (χ2v) is 7.49. The number of nitrogens with zero attached hydrogens (tertiary/aromatic N) is 1. The van der Waals surface area contributed by atoms with Gasteiger partial charge in [-0.2, -0.15) is 0 Å². The summed E-state index contributed by atoms with van der Waals surface area (Å²) in [4.78, 5) is 12.2. The number of carbonyl (C=O) groups excluding carboxylic acids is 1. The van der Waals surface area contributed by atoms with Crippen LogP contribution in [0, 0.1) is 0 Å². The summed E-state index contributed by atoms with van der Waals surface area (Å²) in [6, 6.07) is 20.8. The Kier molecular flexibility index (Phi) is 6.80. The van der Waals surface area contributed by atoms with Crippen LogP contribution in [0.3, 0.4) is 0 Å². The quantitative estimate of drug-likeness (QED) is 0.271. The van der Waals surface area contributed by atoms with Crippen LogP contribution in [0.15, 0.2) is 66.7 Å². The molecule has 0 spiro atoms. The molecule has 0 bridgehead atoms. The van der Waals surface area contributed by atoms with Gasteiger partial charge in [0, 0.05) is 28.4 Å². The summed E-state index contributed by atoms with van der Waals surface area (Å²) in [6.07, 6.45) is 1.67. The molecule has 4 aromatic rings. The lowest BCUT2D eigenvalue weighted by molar-refractivity contribution is -0.143. The summed E-state index contributed by atoms with van der Waals surface area (Å²) in [5.74, 6) is 1.36. The lowest BCUT2D eigenvalue weighted by atomic mass is 10.1. The van der Waals surface area contributed by atoms with Gasteiger partial charge in [0.2, 0.25) is 0 Å². The normalized spacial score (nSPS) is 11.0. The Morgan fingerprint density at radius 1 is 0.844 bits per heavy atom. The van der Waals surface area contributed by atoms with Crippen LogP contribution < -0.4 is 9.47 Å². The molecule has 1 aromatic heterocycles. The van der Waals surface area contributed by atoms with Gasteiger partial charge in [-0.3, -0.25) is 4.79 Å². The lowest BCUT2D eigenvalue weighted by Crippen LogP contribution is -2.13. The second-order valence-electron chi connectivity index (χ2n) is 7.49. The molecule has 0 saturated heterocycles. The summed E-state index contributed by atoms with van der Waals surface area (Å²) in [5.41, 5.74) is 1.95. The van der Waals surface area contributed by atoms with Crippen molar-refractivity contribution < 1.29 is 24.1 Å². The molecule has 0 unspecified atom stereocenters. The number of rotatable bonds is 10. The van der Waals surface area contributed by atoms with E-state index in [9.17, 15) is 9.90 Å². The molecule has 0 radical (unpaired) electrons. The van der Waals surface area contributed by atoms with Crippen LogP contribution in [0.2, 0.25) is 0 Å². The minimum absolute atomic E-state index is 0.160. The first-order valence-electron chi connectivity index (χ1n) is 10.9. The van der Waals surface area contributed by atoms with Crippen LogP contribution in [-0.4, -0.2) is 35.5 Å². The molecule has 3 aromatic carbocycles. The number of aromatic nitrogens is 1. The maximum atomic E-state index is 12.2. The molecule has 0 aliphatic rings. The van der Waals surface area contributed by atoms with Gasteiger partial charge in [-0.25, -0.2) is 0 Å². The predicted molar refractivity (Wildman–Crippen MR) is 124 cm³/mol. The Balaban J connectivity index is 1.40. The zero-order valence-electron chi connectivity index (χ0n) is 18.1. The van der Waals surface area contributed by atoms with Crippen LogP contribution in [0.4, 0.5) is 0 Å². The molecule has 6 nitrogen and oxygen atoms in total. The van der Waals surface area contributed by atoms with Crippen molar-refractivity contribution in [2.45, 2.75) is 26.3 Å². The van der Waals surface area contributed by atoms with Gasteiger partial charge in [-0.1, -0.05) is 24.3 Å². The number of hydrogen-bond donors (Lipinski definition) is 1. The number of benzene rings is 3. The number of unbranched alkanes of at least 4 members (excludes halogenated alkanes) is 1. The fraction of sp³-hybridized carbons (Fsp3) is 0.269. The van der Waals surface area contributed by atoms with Crippen molar-refractivity contribution in [3.8, 4) is 17.2 Å². The highest BCUT2D eigenvalue weighted by molar-refractivity contribution is 6.08. The molecular weight excluding hydrogens is 406 g/mol. The van der Waals surface area contributed by atoms with Gasteiger partial charge in [-0.15, -0.1) is 0 Å². The van der Waals surface area contributed by atoms with Gasteiger partial charge < -0.3 is 23.9 Å². The molecule has 32 heavy (non-hydrogen) atoms. The summed E-state index contributed by atoms with van der Waals surface area (Å²) in [7, 11) is 0. The van der Waals surface area contributed by atoms with Crippen molar-refractivity contribution >= 4 is 27.8 Å². The molecule has 4 rings (SSSR count). The van der Waals surface area contributed by atoms with Crippen LogP contribution in [0.1, 0.15) is 19.8 Å². The third-order valence-electron chi connectivity index (χ3n) is 5.23. The fourth-order valence-corrected chi connectivity index (χ4v) is 3.78. The van der Waals surface area contributed by atoms with Crippen LogP contribution in [-0.2, 0) is 16.1 Å². The highest BCUT2D eigenvalue weighted by Crippen LogP contribution is 2.31. The Bertz CT molecular complexity index is 1210. The van der Waals surface area contributed by atoms with E-state index in [0.717, 1.165) is 40.4 Å². The van der Waals surface area contributed by atoms with E-state index < -0.39 is 0 Å². The van der Waals surface area contributed by atoms with Crippen molar-refractivity contribution in [2.75, 3.05) is 19.8 Å². The van der Waals surface area contributed by atoms with Gasteiger partial charge in [0.15, 0.2) is 0 Å². The van der Waals surface area contributed by atoms with E-state index in [1.807, 2.05) is 54.0 Å². The number of ether oxygens (including phenoxy) is 3. The Morgan fingerprint density at radius 2 is 1.56 bits per heavy atom. The van der Waals surface area contributed by atoms with Gasteiger partial charge in [0.05, 0.1) is 25.3 Å². The molecule has 6 heteroatoms. The SMILES string of the molecule is CCOC(=O)Cn1c2ccccc2c2ccc(OCCCCOc3cccc(O)c3)cc21. The summed E-state index contributed by atoms with van der Waals surface area (Å²) in [6.45, 7) is 3.45. The fourth-order valence-electron chi connectivity index (χ4n) is 3.78. The van der Waals surface area contributed by atoms with Crippen molar-refractivity contribution in [3.63, 3.8) is 0 Å². The number of aromatic hydroxyl groups is 1. The highest BCUT2D eigenvalue weighted by Gasteiger charge is 2.14. The molecule has 0 fully saturated rings. The van der Waals surface area contributed by atoms with Gasteiger partial charge in [0.25, 0.3) is 0 Å². The van der Waals surface area contributed by atoms with Crippen molar-refractivity contribution in [1.29, 1.82) is 0 Å². The maximum Gasteiger partial charge on any atom is 0.325 e. The molecule has 0 amide bonds. The minimum Gasteiger partial charge on any atom is -0.508 e. The Labute approximate surface area is 186 Å². The average molecular weight is 434 g/mol. The van der Waals surface area contributed by atoms with Gasteiger partial charge >= 0.3 is 5.97 Å². The van der Waals surface area contributed by atoms with Gasteiger partial charge in [-0.05, 0) is 50.1 Å². The number of carbonyl (C=O) groups is 1. The number of fused-ring (bicyclic) bond motifs is 3. The van der Waals surface area contributed by atoms with E-state index in [4.69, 9.17) is 14.2 Å². The van der Waals surface area contributed by atoms with E-state index in [-0.39, 0.29) is 18.3 Å². The number of hydrogen-bond acceptors (Lipinski definition) is 5. The molecule has 1 heterocycles. The summed E-state index contributed by atoms with van der Waals surface area (Å²) < 4.78 is 18.8. The molecule has 0 aliphatic heterocycles. The van der Waals surface area contributed by atoms with Crippen LogP contribution in [0.5, 0.6) is 17.2 Å². The van der Waals surface area contributed by atoms with E-state index in [2.05, 4.69) is 6.07 Å². The molecule has 166 valence electrons. The zero-order valence-corrected chi connectivity index (χ0v) is 18.1. The summed E-state index contributed by atoms with van der Waals surface area (Å²) >= 11 is 0. The molecule has 1 N–H and O–H groups in total. The zero-order chi connectivity index (χ0) is 22.3. The second kappa shape index (κ2) is 10.1. The smallest absolute Gasteiger partial charge is 0.325 e. The summed E-state index contributed by atoms with van der Waals surface area (Å²) in [5, 5.41) is 11.6. The Morgan fingerprint density at radius 3 is 2.31 bits per heavy atom. The molecular formula is C26H27NO5. The van der Waals surface area contributed by atoms with E-state index in [1.165, 1.54) is 0 Å². The number of para-hydroxylation sites is 1. The average Bonchev–Trinajstić information content (AvgIpc) is 3.09. The standard InChI is InChI=1S/C26H27NO5/c1-2-30-26(29)18-27-24-11-4-3-10-22(24)23-13-12-21(17-25(23)27)32-15-6-5-14-31-20-9-7-8-19(28)16-20/h3-4,7-13,16-17,28H,2,5-6,14-15,18H2,1H3. The molecule has 0 saturated carbocycles. The van der Waals surface area contributed by atoms with E-state index >= 15 is 0 Å².